The standard InChI is InChI=1S/C35H37N5O3/c1-22-9-11-23(12-10-22)17-20-39-30(41)16-13-24-5-2-6-25(21-24)31-33(42)27-8-3-7-26-29(38-18-4-19-40-35(36)37)15-14-28(32(26)27)34(31)43/h2-3,5-12,14-15,21,31,38H,4,13,16-20H2,1H3,(H,39,41)(H4,36,37,40). The molecular formula is C35H37N5O3. The molecule has 0 fully saturated rings. The summed E-state index contributed by atoms with van der Waals surface area (Å²) >= 11 is 0. The van der Waals surface area contributed by atoms with Gasteiger partial charge >= 0.3 is 0 Å². The van der Waals surface area contributed by atoms with Gasteiger partial charge in [-0.3, -0.25) is 19.8 Å². The number of benzene rings is 4. The third kappa shape index (κ3) is 6.92. The highest BCUT2D eigenvalue weighted by Gasteiger charge is 2.37. The molecule has 0 saturated heterocycles. The molecule has 0 bridgehead atoms. The van der Waals surface area contributed by atoms with Crippen LogP contribution in [0.3, 0.4) is 0 Å². The number of nitrogens with one attached hydrogen (secondary N) is 4. The van der Waals surface area contributed by atoms with Gasteiger partial charge in [0, 0.05) is 53.6 Å². The number of hydrogen-bond donors (Lipinski definition) is 5. The van der Waals surface area contributed by atoms with E-state index in [2.05, 4.69) is 47.1 Å². The van der Waals surface area contributed by atoms with E-state index in [1.165, 1.54) is 11.1 Å². The second-order valence-electron chi connectivity index (χ2n) is 11.0. The summed E-state index contributed by atoms with van der Waals surface area (Å²) in [6.45, 7) is 3.84. The Balaban J connectivity index is 1.25. The minimum absolute atomic E-state index is 0.0255. The number of anilines is 1. The first kappa shape index (κ1) is 29.5. The smallest absolute Gasteiger partial charge is 0.220 e. The van der Waals surface area contributed by atoms with E-state index < -0.39 is 5.92 Å². The van der Waals surface area contributed by atoms with Crippen LogP contribution in [0.2, 0.25) is 0 Å². The molecule has 4 aromatic carbocycles. The van der Waals surface area contributed by atoms with Gasteiger partial charge in [0.15, 0.2) is 17.5 Å². The van der Waals surface area contributed by atoms with Crippen molar-refractivity contribution in [3.63, 3.8) is 0 Å². The van der Waals surface area contributed by atoms with Crippen LogP contribution in [0.5, 0.6) is 0 Å². The number of nitrogens with two attached hydrogens (primary N) is 1. The van der Waals surface area contributed by atoms with E-state index in [0.717, 1.165) is 29.5 Å². The Morgan fingerprint density at radius 2 is 1.56 bits per heavy atom. The average Bonchev–Trinajstić information content (AvgIpc) is 3.00. The highest BCUT2D eigenvalue weighted by molar-refractivity contribution is 6.32. The normalized spacial score (nSPS) is 14.0. The maximum atomic E-state index is 13.8. The maximum Gasteiger partial charge on any atom is 0.220 e. The van der Waals surface area contributed by atoms with E-state index in [9.17, 15) is 14.4 Å². The van der Waals surface area contributed by atoms with Crippen molar-refractivity contribution in [3.05, 3.63) is 112 Å². The fourth-order valence-corrected chi connectivity index (χ4v) is 5.61. The van der Waals surface area contributed by atoms with E-state index in [0.29, 0.717) is 54.6 Å². The van der Waals surface area contributed by atoms with Gasteiger partial charge < -0.3 is 21.7 Å². The van der Waals surface area contributed by atoms with Crippen molar-refractivity contribution in [3.8, 4) is 0 Å². The SMILES string of the molecule is Cc1ccc(CCNC(=O)CCc2cccc(C3C(=O)c4cccc5c(NCCCNC(=N)N)ccc(c45)C3=O)c2)cc1. The molecule has 0 spiro atoms. The lowest BCUT2D eigenvalue weighted by Crippen LogP contribution is -2.31. The van der Waals surface area contributed by atoms with Crippen LogP contribution in [0.1, 0.15) is 61.7 Å². The number of carbonyl (C=O) groups is 3. The fourth-order valence-electron chi connectivity index (χ4n) is 5.61. The molecule has 0 heterocycles. The molecule has 0 aromatic heterocycles. The van der Waals surface area contributed by atoms with E-state index in [1.807, 2.05) is 42.5 Å². The second-order valence-corrected chi connectivity index (χ2v) is 11.0. The van der Waals surface area contributed by atoms with E-state index >= 15 is 0 Å². The number of ketones is 2. The molecule has 4 aromatic rings. The Hall–Kier alpha value is -4.98. The third-order valence-electron chi connectivity index (χ3n) is 7.86. The summed E-state index contributed by atoms with van der Waals surface area (Å²) in [5, 5.41) is 17.9. The molecule has 0 radical (unpaired) electrons. The Labute approximate surface area is 251 Å². The Morgan fingerprint density at radius 1 is 0.814 bits per heavy atom. The molecular weight excluding hydrogens is 538 g/mol. The summed E-state index contributed by atoms with van der Waals surface area (Å²) in [4.78, 5) is 40.1. The van der Waals surface area contributed by atoms with Crippen molar-refractivity contribution in [2.45, 2.75) is 38.5 Å². The predicted octanol–water partition coefficient (Wildman–Crippen LogP) is 4.89. The molecule has 1 amide bonds. The Kier molecular flexibility index (Phi) is 9.15. The number of hydrogen-bond acceptors (Lipinski definition) is 5. The quantitative estimate of drug-likeness (QED) is 0.0706. The molecule has 1 atom stereocenters. The van der Waals surface area contributed by atoms with Gasteiger partial charge in [0.25, 0.3) is 0 Å². The van der Waals surface area contributed by atoms with Crippen LogP contribution >= 0.6 is 0 Å². The van der Waals surface area contributed by atoms with Crippen LogP contribution in [0.15, 0.2) is 78.9 Å². The minimum Gasteiger partial charge on any atom is -0.384 e. The molecule has 1 aliphatic rings. The van der Waals surface area contributed by atoms with Crippen molar-refractivity contribution < 1.29 is 14.4 Å². The molecule has 0 saturated carbocycles. The lowest BCUT2D eigenvalue weighted by atomic mass is 9.76. The van der Waals surface area contributed by atoms with Crippen LogP contribution < -0.4 is 21.7 Å². The first-order chi connectivity index (χ1) is 20.8. The van der Waals surface area contributed by atoms with Crippen LogP contribution in [0.25, 0.3) is 10.8 Å². The summed E-state index contributed by atoms with van der Waals surface area (Å²) < 4.78 is 0. The van der Waals surface area contributed by atoms with Gasteiger partial charge in [-0.15, -0.1) is 0 Å². The minimum atomic E-state index is -0.919. The van der Waals surface area contributed by atoms with Crippen molar-refractivity contribution in [2.75, 3.05) is 25.0 Å². The number of aryl methyl sites for hydroxylation is 2. The van der Waals surface area contributed by atoms with Crippen molar-refractivity contribution in [1.82, 2.24) is 10.6 Å². The molecule has 5 rings (SSSR count). The van der Waals surface area contributed by atoms with Gasteiger partial charge in [-0.05, 0) is 55.0 Å². The van der Waals surface area contributed by atoms with Crippen molar-refractivity contribution in [2.24, 2.45) is 5.73 Å². The number of Topliss-reactive ketones (excluding diaryl/α,β-unsaturated/α-hetero) is 2. The van der Waals surface area contributed by atoms with Gasteiger partial charge in [0.05, 0.1) is 0 Å². The first-order valence-electron chi connectivity index (χ1n) is 14.7. The molecule has 1 aliphatic carbocycles. The van der Waals surface area contributed by atoms with Crippen molar-refractivity contribution >= 4 is 39.9 Å². The lowest BCUT2D eigenvalue weighted by molar-refractivity contribution is -0.121. The summed E-state index contributed by atoms with van der Waals surface area (Å²) in [6, 6.07) is 25.0. The molecule has 0 aliphatic heterocycles. The fraction of sp³-hybridized carbons (Fsp3) is 0.257. The van der Waals surface area contributed by atoms with E-state index in [1.54, 1.807) is 12.1 Å². The summed E-state index contributed by atoms with van der Waals surface area (Å²) in [7, 11) is 0. The predicted molar refractivity (Wildman–Crippen MR) is 171 cm³/mol. The van der Waals surface area contributed by atoms with Gasteiger partial charge in [-0.1, -0.05) is 72.3 Å². The maximum absolute atomic E-state index is 13.8. The summed E-state index contributed by atoms with van der Waals surface area (Å²) in [6.07, 6.45) is 2.36. The molecule has 8 heteroatoms. The van der Waals surface area contributed by atoms with Crippen LogP contribution in [-0.2, 0) is 17.6 Å². The number of guanidine groups is 1. The highest BCUT2D eigenvalue weighted by atomic mass is 16.2. The summed E-state index contributed by atoms with van der Waals surface area (Å²) in [5.41, 5.74) is 11.2. The second kappa shape index (κ2) is 13.3. The molecule has 220 valence electrons. The van der Waals surface area contributed by atoms with Crippen molar-refractivity contribution in [1.29, 1.82) is 5.41 Å². The molecule has 6 N–H and O–H groups in total. The zero-order valence-corrected chi connectivity index (χ0v) is 24.3. The van der Waals surface area contributed by atoms with Gasteiger partial charge in [-0.2, -0.15) is 0 Å². The molecule has 43 heavy (non-hydrogen) atoms. The zero-order chi connectivity index (χ0) is 30.3. The Morgan fingerprint density at radius 3 is 2.33 bits per heavy atom. The van der Waals surface area contributed by atoms with E-state index in [4.69, 9.17) is 11.1 Å². The largest absolute Gasteiger partial charge is 0.384 e. The zero-order valence-electron chi connectivity index (χ0n) is 24.3. The third-order valence-corrected chi connectivity index (χ3v) is 7.86. The first-order valence-corrected chi connectivity index (χ1v) is 14.7. The monoisotopic (exact) mass is 575 g/mol. The molecule has 8 nitrogen and oxygen atoms in total. The highest BCUT2D eigenvalue weighted by Crippen LogP contribution is 2.39. The van der Waals surface area contributed by atoms with Gasteiger partial charge in [0.1, 0.15) is 5.92 Å². The molecule has 1 unspecified atom stereocenters. The lowest BCUT2D eigenvalue weighted by Gasteiger charge is -2.25. The van der Waals surface area contributed by atoms with Crippen LogP contribution in [0.4, 0.5) is 5.69 Å². The number of rotatable bonds is 12. The topological polar surface area (TPSA) is 137 Å². The van der Waals surface area contributed by atoms with Gasteiger partial charge in [-0.25, -0.2) is 0 Å². The van der Waals surface area contributed by atoms with Gasteiger partial charge in [0.2, 0.25) is 5.91 Å². The Bertz CT molecular complexity index is 1660. The number of carbonyl (C=O) groups excluding carboxylic acids is 3. The average molecular weight is 576 g/mol. The number of amides is 1. The van der Waals surface area contributed by atoms with E-state index in [-0.39, 0.29) is 23.4 Å². The summed E-state index contributed by atoms with van der Waals surface area (Å²) in [5.74, 6) is -1.43. The van der Waals surface area contributed by atoms with Crippen LogP contribution in [-0.4, -0.2) is 43.1 Å². The van der Waals surface area contributed by atoms with Crippen LogP contribution in [0, 0.1) is 12.3 Å².